The van der Waals surface area contributed by atoms with E-state index in [-0.39, 0.29) is 17.4 Å². The molecule has 0 atom stereocenters. The van der Waals surface area contributed by atoms with E-state index >= 15 is 0 Å². The maximum atomic E-state index is 12.6. The van der Waals surface area contributed by atoms with Gasteiger partial charge in [0.15, 0.2) is 6.61 Å². The fraction of sp³-hybridized carbons (Fsp3) is 0.130. The maximum absolute atomic E-state index is 12.6. The number of sulfonamides is 1. The highest BCUT2D eigenvalue weighted by molar-refractivity contribution is 7.94. The Labute approximate surface area is 195 Å². The van der Waals surface area contributed by atoms with Crippen LogP contribution in [0.15, 0.2) is 88.7 Å². The SMILES string of the molecule is CN(c1ccc(OCC(=O)OCc2ccc(-n3cccn3)cc2)cc1)S(=O)(=O)c1cccs1. The van der Waals surface area contributed by atoms with Crippen molar-refractivity contribution in [1.82, 2.24) is 9.78 Å². The van der Waals surface area contributed by atoms with E-state index in [4.69, 9.17) is 9.47 Å². The van der Waals surface area contributed by atoms with Crippen LogP contribution in [0.2, 0.25) is 0 Å². The van der Waals surface area contributed by atoms with E-state index in [2.05, 4.69) is 5.10 Å². The minimum atomic E-state index is -3.60. The molecule has 2 aromatic carbocycles. The second-order valence-corrected chi connectivity index (χ2v) is 10.1. The van der Waals surface area contributed by atoms with Gasteiger partial charge in [-0.25, -0.2) is 17.9 Å². The molecule has 0 aliphatic rings. The van der Waals surface area contributed by atoms with Gasteiger partial charge in [-0.05, 0) is 59.5 Å². The molecule has 0 aliphatic carbocycles. The molecule has 0 amide bonds. The number of thiophene rings is 1. The van der Waals surface area contributed by atoms with Crippen LogP contribution in [0.25, 0.3) is 5.69 Å². The van der Waals surface area contributed by atoms with Crippen LogP contribution in [-0.4, -0.2) is 37.8 Å². The summed E-state index contributed by atoms with van der Waals surface area (Å²) in [5.74, 6) is -0.0752. The van der Waals surface area contributed by atoms with Gasteiger partial charge in [0.05, 0.1) is 11.4 Å². The first kappa shape index (κ1) is 22.6. The molecule has 0 saturated carbocycles. The zero-order valence-corrected chi connectivity index (χ0v) is 19.3. The lowest BCUT2D eigenvalue weighted by atomic mass is 10.2. The number of benzene rings is 2. The number of nitrogens with zero attached hydrogens (tertiary/aromatic N) is 3. The number of anilines is 1. The summed E-state index contributed by atoms with van der Waals surface area (Å²) in [5, 5.41) is 5.88. The van der Waals surface area contributed by atoms with Crippen molar-refractivity contribution in [2.75, 3.05) is 18.0 Å². The van der Waals surface area contributed by atoms with Crippen LogP contribution in [0.3, 0.4) is 0 Å². The number of esters is 1. The highest BCUT2D eigenvalue weighted by atomic mass is 32.2. The average molecular weight is 484 g/mol. The molecule has 2 heterocycles. The fourth-order valence-electron chi connectivity index (χ4n) is 2.95. The number of carbonyl (C=O) groups excluding carboxylic acids is 1. The van der Waals surface area contributed by atoms with Gasteiger partial charge in [-0.2, -0.15) is 5.10 Å². The van der Waals surface area contributed by atoms with Gasteiger partial charge >= 0.3 is 5.97 Å². The molecule has 4 rings (SSSR count). The van der Waals surface area contributed by atoms with Crippen molar-refractivity contribution < 1.29 is 22.7 Å². The van der Waals surface area contributed by atoms with Crippen molar-refractivity contribution in [3.63, 3.8) is 0 Å². The number of hydrogen-bond acceptors (Lipinski definition) is 7. The summed E-state index contributed by atoms with van der Waals surface area (Å²) in [4.78, 5) is 12.0. The summed E-state index contributed by atoms with van der Waals surface area (Å²) < 4.78 is 39.1. The fourth-order valence-corrected chi connectivity index (χ4v) is 5.31. The van der Waals surface area contributed by atoms with Crippen molar-refractivity contribution in [3.8, 4) is 11.4 Å². The minimum absolute atomic E-state index is 0.131. The molecule has 170 valence electrons. The number of rotatable bonds is 9. The molecule has 0 bridgehead atoms. The summed E-state index contributed by atoms with van der Waals surface area (Å²) in [6.07, 6.45) is 3.55. The lowest BCUT2D eigenvalue weighted by molar-refractivity contribution is -0.147. The maximum Gasteiger partial charge on any atom is 0.344 e. The number of aromatic nitrogens is 2. The summed E-state index contributed by atoms with van der Waals surface area (Å²) in [5.41, 5.74) is 2.24. The summed E-state index contributed by atoms with van der Waals surface area (Å²) >= 11 is 1.16. The molecule has 0 radical (unpaired) electrons. The van der Waals surface area contributed by atoms with Gasteiger partial charge < -0.3 is 9.47 Å². The third kappa shape index (κ3) is 5.41. The zero-order valence-electron chi connectivity index (χ0n) is 17.7. The second kappa shape index (κ2) is 9.88. The first-order valence-corrected chi connectivity index (χ1v) is 12.3. The molecule has 0 fully saturated rings. The Balaban J connectivity index is 1.26. The molecular formula is C23H21N3O5S2. The van der Waals surface area contributed by atoms with Gasteiger partial charge in [0.25, 0.3) is 10.0 Å². The molecule has 0 spiro atoms. The smallest absolute Gasteiger partial charge is 0.344 e. The first-order chi connectivity index (χ1) is 15.9. The van der Waals surface area contributed by atoms with Crippen molar-refractivity contribution in [1.29, 1.82) is 0 Å². The van der Waals surface area contributed by atoms with Crippen LogP contribution in [0.4, 0.5) is 5.69 Å². The topological polar surface area (TPSA) is 90.7 Å². The van der Waals surface area contributed by atoms with Crippen LogP contribution in [-0.2, 0) is 26.2 Å². The van der Waals surface area contributed by atoms with Gasteiger partial charge in [0, 0.05) is 19.4 Å². The van der Waals surface area contributed by atoms with E-state index in [0.29, 0.717) is 11.4 Å². The van der Waals surface area contributed by atoms with Gasteiger partial charge in [-0.1, -0.05) is 18.2 Å². The predicted octanol–water partition coefficient (Wildman–Crippen LogP) is 3.88. The second-order valence-electron chi connectivity index (χ2n) is 6.96. The molecule has 0 saturated heterocycles. The van der Waals surface area contributed by atoms with Gasteiger partial charge in [-0.15, -0.1) is 11.3 Å². The molecule has 8 nitrogen and oxygen atoms in total. The van der Waals surface area contributed by atoms with Crippen LogP contribution < -0.4 is 9.04 Å². The average Bonchev–Trinajstić information content (AvgIpc) is 3.57. The monoisotopic (exact) mass is 483 g/mol. The first-order valence-electron chi connectivity index (χ1n) is 9.93. The van der Waals surface area contributed by atoms with E-state index in [0.717, 1.165) is 22.6 Å². The Kier molecular flexibility index (Phi) is 6.76. The van der Waals surface area contributed by atoms with E-state index in [1.54, 1.807) is 52.7 Å². The predicted molar refractivity (Wildman–Crippen MR) is 125 cm³/mol. The molecule has 0 N–H and O–H groups in total. The number of ether oxygens (including phenoxy) is 2. The lowest BCUT2D eigenvalue weighted by Gasteiger charge is -2.18. The molecule has 2 aromatic heterocycles. The summed E-state index contributed by atoms with van der Waals surface area (Å²) in [6.45, 7) is -0.125. The van der Waals surface area contributed by atoms with Crippen LogP contribution in [0.1, 0.15) is 5.56 Å². The van der Waals surface area contributed by atoms with Crippen molar-refractivity contribution in [2.45, 2.75) is 10.8 Å². The third-order valence-corrected chi connectivity index (χ3v) is 7.93. The summed E-state index contributed by atoms with van der Waals surface area (Å²) in [7, 11) is -2.11. The number of carbonyl (C=O) groups is 1. The quantitative estimate of drug-likeness (QED) is 0.336. The molecule has 4 aromatic rings. The molecule has 0 unspecified atom stereocenters. The highest BCUT2D eigenvalue weighted by Crippen LogP contribution is 2.26. The van der Waals surface area contributed by atoms with E-state index in [1.165, 1.54) is 11.4 Å². The van der Waals surface area contributed by atoms with E-state index < -0.39 is 16.0 Å². The molecular weight excluding hydrogens is 462 g/mol. The van der Waals surface area contributed by atoms with E-state index in [1.807, 2.05) is 36.5 Å². The Morgan fingerprint density at radius 2 is 1.82 bits per heavy atom. The Hall–Kier alpha value is -3.63. The Morgan fingerprint density at radius 3 is 2.45 bits per heavy atom. The lowest BCUT2D eigenvalue weighted by Crippen LogP contribution is -2.25. The third-order valence-electron chi connectivity index (χ3n) is 4.77. The van der Waals surface area contributed by atoms with Crippen molar-refractivity contribution in [3.05, 3.63) is 90.1 Å². The van der Waals surface area contributed by atoms with Crippen molar-refractivity contribution in [2.24, 2.45) is 0 Å². The van der Waals surface area contributed by atoms with Crippen molar-refractivity contribution >= 4 is 33.0 Å². The van der Waals surface area contributed by atoms with Crippen LogP contribution in [0, 0.1) is 0 Å². The van der Waals surface area contributed by atoms with E-state index in [9.17, 15) is 13.2 Å². The van der Waals surface area contributed by atoms with Gasteiger partial charge in [-0.3, -0.25) is 4.31 Å². The largest absolute Gasteiger partial charge is 0.482 e. The molecule has 0 aliphatic heterocycles. The standard InChI is InChI=1S/C23H21N3O5S2/c1-25(33(28,29)23-4-2-15-32-23)19-9-11-21(12-10-19)30-17-22(27)31-16-18-5-7-20(8-6-18)26-14-3-13-24-26/h2-15H,16-17H2,1H3. The molecule has 10 heteroatoms. The number of hydrogen-bond donors (Lipinski definition) is 0. The van der Waals surface area contributed by atoms with Gasteiger partial charge in [0.2, 0.25) is 0 Å². The highest BCUT2D eigenvalue weighted by Gasteiger charge is 2.22. The van der Waals surface area contributed by atoms with Crippen LogP contribution >= 0.6 is 11.3 Å². The molecule has 33 heavy (non-hydrogen) atoms. The Bertz CT molecular complexity index is 1290. The normalized spacial score (nSPS) is 11.2. The zero-order chi connectivity index (χ0) is 23.3. The summed E-state index contributed by atoms with van der Waals surface area (Å²) in [6, 6.07) is 19.1. The minimum Gasteiger partial charge on any atom is -0.482 e. The Morgan fingerprint density at radius 1 is 1.06 bits per heavy atom. The van der Waals surface area contributed by atoms with Gasteiger partial charge in [0.1, 0.15) is 16.6 Å². The van der Waals surface area contributed by atoms with Crippen LogP contribution in [0.5, 0.6) is 5.75 Å².